The second kappa shape index (κ2) is 4.70. The van der Waals surface area contributed by atoms with Gasteiger partial charge in [-0.05, 0) is 19.1 Å². The minimum Gasteiger partial charge on any atom is -0.383 e. The normalized spacial score (nSPS) is 10.1. The Balaban J connectivity index is 2.34. The molecule has 0 radical (unpaired) electrons. The van der Waals surface area contributed by atoms with E-state index in [2.05, 4.69) is 15.3 Å². The number of benzene rings is 1. The number of primary amides is 1. The lowest BCUT2D eigenvalue weighted by Crippen LogP contribution is -2.18. The average Bonchev–Trinajstić information content (AvgIpc) is 2.28. The quantitative estimate of drug-likeness (QED) is 0.751. The molecule has 6 nitrogen and oxygen atoms in total. The number of nitrogens with one attached hydrogen (secondary N) is 1. The van der Waals surface area contributed by atoms with Crippen LogP contribution in [0.3, 0.4) is 0 Å². The molecule has 18 heavy (non-hydrogen) atoms. The highest BCUT2D eigenvalue weighted by molar-refractivity contribution is 5.98. The first-order chi connectivity index (χ1) is 8.58. The average molecular weight is 243 g/mol. The summed E-state index contributed by atoms with van der Waals surface area (Å²) in [6, 6.07) is 9.42. The van der Waals surface area contributed by atoms with Crippen LogP contribution in [-0.4, -0.2) is 15.9 Å². The highest BCUT2D eigenvalue weighted by atomic mass is 16.1. The van der Waals surface area contributed by atoms with Crippen molar-refractivity contribution in [3.8, 4) is 0 Å². The van der Waals surface area contributed by atoms with Crippen molar-refractivity contribution in [2.45, 2.75) is 6.92 Å². The van der Waals surface area contributed by atoms with Gasteiger partial charge >= 0.3 is 0 Å². The molecule has 0 saturated heterocycles. The van der Waals surface area contributed by atoms with E-state index in [1.165, 1.54) is 0 Å². The maximum atomic E-state index is 11.2. The molecule has 0 spiro atoms. The zero-order chi connectivity index (χ0) is 13.1. The predicted molar refractivity (Wildman–Crippen MR) is 69.4 cm³/mol. The number of anilines is 3. The molecule has 2 aromatic rings. The number of aryl methyl sites for hydroxylation is 1. The Morgan fingerprint density at radius 1 is 1.22 bits per heavy atom. The fourth-order valence-corrected chi connectivity index (χ4v) is 1.61. The van der Waals surface area contributed by atoms with E-state index >= 15 is 0 Å². The molecule has 1 amide bonds. The standard InChI is InChI=1S/C12H13N5O/c1-7-9(11(14)18)10(13)17-12(15-7)16-8-5-3-2-4-6-8/h2-6H,1H3,(H2,14,18)(H3,13,15,16,17). The number of carbonyl (C=O) groups is 1. The number of nitrogens with zero attached hydrogens (tertiary/aromatic N) is 2. The summed E-state index contributed by atoms with van der Waals surface area (Å²) in [6.07, 6.45) is 0. The van der Waals surface area contributed by atoms with Crippen molar-refractivity contribution in [2.75, 3.05) is 11.1 Å². The highest BCUT2D eigenvalue weighted by Gasteiger charge is 2.13. The number of hydrogen-bond acceptors (Lipinski definition) is 5. The van der Waals surface area contributed by atoms with Gasteiger partial charge < -0.3 is 16.8 Å². The van der Waals surface area contributed by atoms with E-state index in [1.807, 2.05) is 30.3 Å². The van der Waals surface area contributed by atoms with Gasteiger partial charge in [0, 0.05) is 5.69 Å². The monoisotopic (exact) mass is 243 g/mol. The summed E-state index contributed by atoms with van der Waals surface area (Å²) < 4.78 is 0. The van der Waals surface area contributed by atoms with Crippen molar-refractivity contribution < 1.29 is 4.79 Å². The van der Waals surface area contributed by atoms with Crippen molar-refractivity contribution in [3.63, 3.8) is 0 Å². The fraction of sp³-hybridized carbons (Fsp3) is 0.0833. The lowest BCUT2D eigenvalue weighted by Gasteiger charge is -2.09. The second-order valence-corrected chi connectivity index (χ2v) is 3.75. The Morgan fingerprint density at radius 2 is 1.89 bits per heavy atom. The number of rotatable bonds is 3. The molecule has 1 heterocycles. The molecular formula is C12H13N5O. The molecule has 0 aliphatic rings. The summed E-state index contributed by atoms with van der Waals surface area (Å²) in [5, 5.41) is 3.00. The van der Waals surface area contributed by atoms with Gasteiger partial charge in [-0.3, -0.25) is 4.79 Å². The lowest BCUT2D eigenvalue weighted by molar-refractivity contribution is 0.1000. The molecule has 2 rings (SSSR count). The van der Waals surface area contributed by atoms with Gasteiger partial charge in [0.05, 0.1) is 5.69 Å². The molecule has 0 aliphatic heterocycles. The van der Waals surface area contributed by atoms with Crippen molar-refractivity contribution in [3.05, 3.63) is 41.6 Å². The molecule has 0 unspecified atom stereocenters. The highest BCUT2D eigenvalue weighted by Crippen LogP contribution is 2.17. The molecule has 92 valence electrons. The smallest absolute Gasteiger partial charge is 0.254 e. The number of nitrogen functional groups attached to an aromatic ring is 1. The van der Waals surface area contributed by atoms with E-state index in [0.29, 0.717) is 11.6 Å². The molecule has 6 heteroatoms. The summed E-state index contributed by atoms with van der Waals surface area (Å²) in [7, 11) is 0. The maximum absolute atomic E-state index is 11.2. The molecular weight excluding hydrogens is 230 g/mol. The molecule has 0 aliphatic carbocycles. The zero-order valence-electron chi connectivity index (χ0n) is 9.84. The summed E-state index contributed by atoms with van der Waals surface area (Å²) in [5.41, 5.74) is 12.3. The van der Waals surface area contributed by atoms with E-state index in [4.69, 9.17) is 11.5 Å². The summed E-state index contributed by atoms with van der Waals surface area (Å²) in [4.78, 5) is 19.3. The van der Waals surface area contributed by atoms with E-state index in [1.54, 1.807) is 6.92 Å². The molecule has 1 aromatic carbocycles. The third-order valence-corrected chi connectivity index (χ3v) is 2.39. The van der Waals surface area contributed by atoms with E-state index in [0.717, 1.165) is 5.69 Å². The van der Waals surface area contributed by atoms with Gasteiger partial charge in [-0.1, -0.05) is 18.2 Å². The number of amides is 1. The Kier molecular flexibility index (Phi) is 3.09. The molecule has 0 atom stereocenters. The van der Waals surface area contributed by atoms with Gasteiger partial charge in [-0.15, -0.1) is 0 Å². The second-order valence-electron chi connectivity index (χ2n) is 3.75. The van der Waals surface area contributed by atoms with Crippen LogP contribution in [-0.2, 0) is 0 Å². The third kappa shape index (κ3) is 2.37. The number of nitrogens with two attached hydrogens (primary N) is 2. The van der Waals surface area contributed by atoms with Crippen LogP contribution in [0, 0.1) is 6.92 Å². The van der Waals surface area contributed by atoms with Crippen molar-refractivity contribution in [1.29, 1.82) is 0 Å². The Labute approximate surface area is 104 Å². The van der Waals surface area contributed by atoms with Crippen LogP contribution < -0.4 is 16.8 Å². The van der Waals surface area contributed by atoms with Gasteiger partial charge in [-0.2, -0.15) is 4.98 Å². The van der Waals surface area contributed by atoms with Crippen LogP contribution >= 0.6 is 0 Å². The molecule has 1 aromatic heterocycles. The number of aromatic nitrogens is 2. The van der Waals surface area contributed by atoms with Gasteiger partial charge in [0.15, 0.2) is 0 Å². The Bertz CT molecular complexity index is 559. The van der Waals surface area contributed by atoms with Crippen molar-refractivity contribution in [1.82, 2.24) is 9.97 Å². The molecule has 5 N–H and O–H groups in total. The van der Waals surface area contributed by atoms with E-state index in [9.17, 15) is 4.79 Å². The third-order valence-electron chi connectivity index (χ3n) is 2.39. The SMILES string of the molecule is Cc1nc(Nc2ccccc2)nc(N)c1C(N)=O. The predicted octanol–water partition coefficient (Wildman–Crippen LogP) is 1.21. The first-order valence-electron chi connectivity index (χ1n) is 5.34. The number of carbonyl (C=O) groups excluding carboxylic acids is 1. The van der Waals surface area contributed by atoms with E-state index < -0.39 is 5.91 Å². The largest absolute Gasteiger partial charge is 0.383 e. The van der Waals surface area contributed by atoms with Crippen LogP contribution in [0.5, 0.6) is 0 Å². The topological polar surface area (TPSA) is 107 Å². The van der Waals surface area contributed by atoms with Gasteiger partial charge in [-0.25, -0.2) is 4.98 Å². The van der Waals surface area contributed by atoms with Crippen molar-refractivity contribution in [2.24, 2.45) is 5.73 Å². The van der Waals surface area contributed by atoms with E-state index in [-0.39, 0.29) is 11.4 Å². The first kappa shape index (κ1) is 11.8. The van der Waals surface area contributed by atoms with Crippen LogP contribution in [0.2, 0.25) is 0 Å². The van der Waals surface area contributed by atoms with Crippen LogP contribution in [0.15, 0.2) is 30.3 Å². The molecule has 0 bridgehead atoms. The maximum Gasteiger partial charge on any atom is 0.254 e. The zero-order valence-corrected chi connectivity index (χ0v) is 9.84. The van der Waals surface area contributed by atoms with Crippen LogP contribution in [0.1, 0.15) is 16.1 Å². The lowest BCUT2D eigenvalue weighted by atomic mass is 10.2. The minimum atomic E-state index is -0.628. The Hall–Kier alpha value is -2.63. The summed E-state index contributed by atoms with van der Waals surface area (Å²) >= 11 is 0. The Morgan fingerprint density at radius 3 is 2.44 bits per heavy atom. The summed E-state index contributed by atoms with van der Waals surface area (Å²) in [6.45, 7) is 1.66. The fourth-order valence-electron chi connectivity index (χ4n) is 1.61. The molecule has 0 saturated carbocycles. The van der Waals surface area contributed by atoms with Gasteiger partial charge in [0.25, 0.3) is 5.91 Å². The van der Waals surface area contributed by atoms with Crippen LogP contribution in [0.25, 0.3) is 0 Å². The van der Waals surface area contributed by atoms with Crippen LogP contribution in [0.4, 0.5) is 17.5 Å². The first-order valence-corrected chi connectivity index (χ1v) is 5.34. The summed E-state index contributed by atoms with van der Waals surface area (Å²) in [5.74, 6) is -0.217. The molecule has 0 fully saturated rings. The minimum absolute atomic E-state index is 0.0773. The van der Waals surface area contributed by atoms with Gasteiger partial charge in [0.2, 0.25) is 5.95 Å². The van der Waals surface area contributed by atoms with Gasteiger partial charge in [0.1, 0.15) is 11.4 Å². The number of hydrogen-bond donors (Lipinski definition) is 3. The van der Waals surface area contributed by atoms with Crippen molar-refractivity contribution >= 4 is 23.4 Å². The number of para-hydroxylation sites is 1.